The Balaban J connectivity index is 2.42. The molecule has 1 atom stereocenters. The maximum absolute atomic E-state index is 11.0. The highest BCUT2D eigenvalue weighted by Gasteiger charge is 2.34. The van der Waals surface area contributed by atoms with Gasteiger partial charge in [-0.15, -0.1) is 0 Å². The number of rotatable bonds is 2. The summed E-state index contributed by atoms with van der Waals surface area (Å²) in [4.78, 5) is 15.1. The first-order valence-electron chi connectivity index (χ1n) is 4.48. The van der Waals surface area contributed by atoms with Crippen LogP contribution >= 0.6 is 0 Å². The molecule has 0 aliphatic carbocycles. The molecular formula is C11H11NO2. The number of aliphatic imine (C=N–C) groups is 1. The SMILES string of the molecule is CC(=O)CC1(O)C=Nc2ccccc21. The average molecular weight is 189 g/mol. The van der Waals surface area contributed by atoms with E-state index in [2.05, 4.69) is 4.99 Å². The molecule has 0 fully saturated rings. The molecule has 3 heteroatoms. The van der Waals surface area contributed by atoms with Gasteiger partial charge in [-0.3, -0.25) is 9.79 Å². The van der Waals surface area contributed by atoms with E-state index in [0.717, 1.165) is 11.3 Å². The van der Waals surface area contributed by atoms with Crippen LogP contribution in [0, 0.1) is 0 Å². The number of ketones is 1. The lowest BCUT2D eigenvalue weighted by Gasteiger charge is -2.18. The highest BCUT2D eigenvalue weighted by atomic mass is 16.3. The fraction of sp³-hybridized carbons (Fsp3) is 0.273. The molecule has 72 valence electrons. The van der Waals surface area contributed by atoms with Crippen molar-refractivity contribution in [1.82, 2.24) is 0 Å². The third-order valence-corrected chi connectivity index (χ3v) is 2.31. The third-order valence-electron chi connectivity index (χ3n) is 2.31. The van der Waals surface area contributed by atoms with Gasteiger partial charge in [-0.2, -0.15) is 0 Å². The number of hydrogen-bond acceptors (Lipinski definition) is 3. The number of fused-ring (bicyclic) bond motifs is 1. The van der Waals surface area contributed by atoms with Crippen LogP contribution in [0.1, 0.15) is 18.9 Å². The maximum Gasteiger partial charge on any atom is 0.134 e. The van der Waals surface area contributed by atoms with E-state index in [1.165, 1.54) is 13.1 Å². The highest BCUT2D eigenvalue weighted by Crippen LogP contribution is 2.36. The Morgan fingerprint density at radius 2 is 2.21 bits per heavy atom. The smallest absolute Gasteiger partial charge is 0.134 e. The first kappa shape index (κ1) is 9.09. The molecule has 2 rings (SSSR count). The van der Waals surface area contributed by atoms with Gasteiger partial charge in [-0.05, 0) is 13.0 Å². The Labute approximate surface area is 82.1 Å². The van der Waals surface area contributed by atoms with Crippen molar-refractivity contribution in [3.8, 4) is 0 Å². The van der Waals surface area contributed by atoms with Crippen LogP contribution in [0.5, 0.6) is 0 Å². The van der Waals surface area contributed by atoms with Crippen LogP contribution < -0.4 is 0 Å². The minimum atomic E-state index is -1.19. The summed E-state index contributed by atoms with van der Waals surface area (Å²) < 4.78 is 0. The first-order chi connectivity index (χ1) is 6.62. The van der Waals surface area contributed by atoms with Crippen LogP contribution in [0.3, 0.4) is 0 Å². The molecule has 1 aliphatic heterocycles. The molecule has 1 unspecified atom stereocenters. The van der Waals surface area contributed by atoms with Gasteiger partial charge in [0.1, 0.15) is 11.4 Å². The fourth-order valence-corrected chi connectivity index (χ4v) is 1.72. The number of hydrogen-bond donors (Lipinski definition) is 1. The Morgan fingerprint density at radius 1 is 1.50 bits per heavy atom. The van der Waals surface area contributed by atoms with Crippen molar-refractivity contribution >= 4 is 17.7 Å². The Morgan fingerprint density at radius 3 is 2.93 bits per heavy atom. The van der Waals surface area contributed by atoms with E-state index >= 15 is 0 Å². The number of nitrogens with zero attached hydrogens (tertiary/aromatic N) is 1. The van der Waals surface area contributed by atoms with Gasteiger partial charge in [0.25, 0.3) is 0 Å². The summed E-state index contributed by atoms with van der Waals surface area (Å²) in [5.41, 5.74) is 0.272. The van der Waals surface area contributed by atoms with Gasteiger partial charge in [0, 0.05) is 18.2 Å². The average Bonchev–Trinajstić information content (AvgIpc) is 2.44. The van der Waals surface area contributed by atoms with Crippen molar-refractivity contribution in [2.45, 2.75) is 18.9 Å². The summed E-state index contributed by atoms with van der Waals surface area (Å²) in [6.07, 6.45) is 1.53. The van der Waals surface area contributed by atoms with Crippen molar-refractivity contribution in [1.29, 1.82) is 0 Å². The second kappa shape index (κ2) is 3.03. The summed E-state index contributed by atoms with van der Waals surface area (Å²) in [6.45, 7) is 1.47. The van der Waals surface area contributed by atoms with Crippen LogP contribution in [0.25, 0.3) is 0 Å². The van der Waals surface area contributed by atoms with E-state index in [1.807, 2.05) is 18.2 Å². The Bertz CT molecular complexity index is 412. The molecule has 1 N–H and O–H groups in total. The van der Waals surface area contributed by atoms with E-state index < -0.39 is 5.60 Å². The summed E-state index contributed by atoms with van der Waals surface area (Å²) in [7, 11) is 0. The van der Waals surface area contributed by atoms with Gasteiger partial charge in [0.05, 0.1) is 5.69 Å². The molecule has 0 saturated heterocycles. The lowest BCUT2D eigenvalue weighted by molar-refractivity contribution is -0.119. The maximum atomic E-state index is 11.0. The molecule has 14 heavy (non-hydrogen) atoms. The van der Waals surface area contributed by atoms with E-state index in [0.29, 0.717) is 0 Å². The zero-order valence-corrected chi connectivity index (χ0v) is 7.90. The molecule has 0 saturated carbocycles. The third kappa shape index (κ3) is 1.36. The molecule has 1 aliphatic rings. The van der Waals surface area contributed by atoms with Crippen molar-refractivity contribution in [2.24, 2.45) is 4.99 Å². The van der Waals surface area contributed by atoms with Crippen LogP contribution in [0.15, 0.2) is 29.3 Å². The molecule has 0 radical (unpaired) electrons. The molecule has 0 aromatic heterocycles. The quantitative estimate of drug-likeness (QED) is 0.767. The lowest BCUT2D eigenvalue weighted by Crippen LogP contribution is -2.27. The predicted molar refractivity (Wildman–Crippen MR) is 53.8 cm³/mol. The molecule has 1 aromatic rings. The van der Waals surface area contributed by atoms with Gasteiger partial charge < -0.3 is 5.11 Å². The molecule has 1 heterocycles. The first-order valence-corrected chi connectivity index (χ1v) is 4.48. The van der Waals surface area contributed by atoms with Gasteiger partial charge in [-0.1, -0.05) is 18.2 Å². The van der Waals surface area contributed by atoms with Crippen LogP contribution in [-0.2, 0) is 10.4 Å². The molecule has 1 aromatic carbocycles. The number of para-hydroxylation sites is 1. The van der Waals surface area contributed by atoms with Crippen LogP contribution in [0.2, 0.25) is 0 Å². The normalized spacial score (nSPS) is 23.6. The summed E-state index contributed by atoms with van der Waals surface area (Å²) in [5.74, 6) is -0.0457. The zero-order valence-electron chi connectivity index (χ0n) is 7.90. The Kier molecular flexibility index (Phi) is 1.97. The largest absolute Gasteiger partial charge is 0.379 e. The van der Waals surface area contributed by atoms with E-state index in [-0.39, 0.29) is 12.2 Å². The topological polar surface area (TPSA) is 49.7 Å². The van der Waals surface area contributed by atoms with Crippen LogP contribution in [-0.4, -0.2) is 17.1 Å². The van der Waals surface area contributed by atoms with Crippen molar-refractivity contribution < 1.29 is 9.90 Å². The van der Waals surface area contributed by atoms with E-state index in [1.54, 1.807) is 6.07 Å². The summed E-state index contributed by atoms with van der Waals surface area (Å²) in [5, 5.41) is 10.1. The van der Waals surface area contributed by atoms with Crippen molar-refractivity contribution in [3.05, 3.63) is 29.8 Å². The van der Waals surface area contributed by atoms with E-state index in [9.17, 15) is 9.90 Å². The standard InChI is InChI=1S/C11H11NO2/c1-8(13)6-11(14)7-12-10-5-3-2-4-9(10)11/h2-5,7,14H,6H2,1H3. The summed E-state index contributed by atoms with van der Waals surface area (Å²) >= 11 is 0. The predicted octanol–water partition coefficient (Wildman–Crippen LogP) is 1.57. The fourth-order valence-electron chi connectivity index (χ4n) is 1.72. The van der Waals surface area contributed by atoms with Gasteiger partial charge >= 0.3 is 0 Å². The zero-order chi connectivity index (χ0) is 10.2. The molecule has 0 bridgehead atoms. The number of carbonyl (C=O) groups is 1. The van der Waals surface area contributed by atoms with E-state index in [4.69, 9.17) is 0 Å². The lowest BCUT2D eigenvalue weighted by atomic mass is 9.91. The second-order valence-corrected chi connectivity index (χ2v) is 3.58. The minimum Gasteiger partial charge on any atom is -0.379 e. The summed E-state index contributed by atoms with van der Waals surface area (Å²) in [6, 6.07) is 7.31. The number of carbonyl (C=O) groups excluding carboxylic acids is 1. The minimum absolute atomic E-state index is 0.0457. The Hall–Kier alpha value is -1.48. The van der Waals surface area contributed by atoms with Gasteiger partial charge in [0.2, 0.25) is 0 Å². The number of Topliss-reactive ketones (excluding diaryl/α,β-unsaturated/α-hetero) is 1. The monoisotopic (exact) mass is 189 g/mol. The number of benzene rings is 1. The highest BCUT2D eigenvalue weighted by molar-refractivity contribution is 5.89. The van der Waals surface area contributed by atoms with Crippen molar-refractivity contribution in [3.63, 3.8) is 0 Å². The molecule has 0 spiro atoms. The molecular weight excluding hydrogens is 178 g/mol. The molecule has 3 nitrogen and oxygen atoms in total. The second-order valence-electron chi connectivity index (χ2n) is 3.58. The van der Waals surface area contributed by atoms with Crippen LogP contribution in [0.4, 0.5) is 5.69 Å². The van der Waals surface area contributed by atoms with Crippen molar-refractivity contribution in [2.75, 3.05) is 0 Å². The number of aliphatic hydroxyl groups is 1. The van der Waals surface area contributed by atoms with Gasteiger partial charge in [0.15, 0.2) is 0 Å². The van der Waals surface area contributed by atoms with Gasteiger partial charge in [-0.25, -0.2) is 0 Å². The molecule has 0 amide bonds.